The highest BCUT2D eigenvalue weighted by atomic mass is 19.1. The molecule has 1 spiro atoms. The lowest BCUT2D eigenvalue weighted by Gasteiger charge is -2.57. The second-order valence-corrected chi connectivity index (χ2v) is 10.8. The smallest absolute Gasteiger partial charge is 0.226 e. The van der Waals surface area contributed by atoms with Gasteiger partial charge in [-0.25, -0.2) is 4.39 Å². The maximum absolute atomic E-state index is 13.9. The van der Waals surface area contributed by atoms with Gasteiger partial charge in [-0.2, -0.15) is 0 Å². The van der Waals surface area contributed by atoms with Crippen LogP contribution in [0, 0.1) is 11.7 Å². The molecule has 2 saturated heterocycles. The van der Waals surface area contributed by atoms with Crippen LogP contribution in [0.15, 0.2) is 42.5 Å². The predicted octanol–water partition coefficient (Wildman–Crippen LogP) is 3.38. The number of fused-ring (bicyclic) bond motifs is 4. The van der Waals surface area contributed by atoms with Crippen LogP contribution in [0.2, 0.25) is 0 Å². The maximum Gasteiger partial charge on any atom is 0.226 e. The van der Waals surface area contributed by atoms with Gasteiger partial charge in [-0.3, -0.25) is 9.69 Å². The lowest BCUT2D eigenvalue weighted by Crippen LogP contribution is -2.67. The molecule has 6 rings (SSSR count). The van der Waals surface area contributed by atoms with Gasteiger partial charge in [0, 0.05) is 74.9 Å². The van der Waals surface area contributed by atoms with Crippen molar-refractivity contribution in [2.45, 2.75) is 30.8 Å². The normalized spacial score (nSPS) is 21.7. The molecule has 37 heavy (non-hydrogen) atoms. The van der Waals surface area contributed by atoms with Gasteiger partial charge in [0.25, 0.3) is 0 Å². The molecule has 8 heteroatoms. The van der Waals surface area contributed by atoms with Crippen LogP contribution in [0.3, 0.4) is 0 Å². The molecule has 0 saturated carbocycles. The predicted molar refractivity (Wildman–Crippen MR) is 138 cm³/mol. The summed E-state index contributed by atoms with van der Waals surface area (Å²) in [4.78, 5) is 18.1. The molecule has 1 amide bonds. The molecular weight excluding hydrogens is 473 g/mol. The van der Waals surface area contributed by atoms with E-state index in [0.29, 0.717) is 39.1 Å². The van der Waals surface area contributed by atoms with E-state index in [1.807, 2.05) is 30.1 Å². The minimum Gasteiger partial charge on any atom is -0.497 e. The summed E-state index contributed by atoms with van der Waals surface area (Å²) < 4.78 is 27.0. The van der Waals surface area contributed by atoms with Crippen LogP contribution in [0.5, 0.6) is 5.75 Å². The molecule has 0 bridgehead atoms. The van der Waals surface area contributed by atoms with Gasteiger partial charge >= 0.3 is 0 Å². The van der Waals surface area contributed by atoms with Crippen LogP contribution >= 0.6 is 0 Å². The van der Waals surface area contributed by atoms with Crippen LogP contribution in [0.1, 0.15) is 35.7 Å². The van der Waals surface area contributed by atoms with Crippen LogP contribution in [0.25, 0.3) is 10.9 Å². The summed E-state index contributed by atoms with van der Waals surface area (Å²) in [5.41, 5.74) is 3.94. The van der Waals surface area contributed by atoms with Gasteiger partial charge in [0.05, 0.1) is 25.3 Å². The minimum absolute atomic E-state index is 0.0837. The fourth-order valence-corrected chi connectivity index (χ4v) is 6.84. The molecule has 0 unspecified atom stereocenters. The number of aliphatic hydroxyl groups is 1. The Kier molecular flexibility index (Phi) is 6.21. The van der Waals surface area contributed by atoms with E-state index in [2.05, 4.69) is 15.5 Å². The van der Waals surface area contributed by atoms with E-state index in [4.69, 9.17) is 9.47 Å². The maximum atomic E-state index is 13.9. The number of rotatable bonds is 5. The van der Waals surface area contributed by atoms with Gasteiger partial charge in [-0.1, -0.05) is 12.1 Å². The molecule has 3 aromatic rings. The molecule has 1 atom stereocenters. The van der Waals surface area contributed by atoms with Gasteiger partial charge in [0.2, 0.25) is 5.91 Å². The van der Waals surface area contributed by atoms with Crippen molar-refractivity contribution in [2.24, 2.45) is 13.0 Å². The molecule has 3 aliphatic rings. The fraction of sp³-hybridized carbons (Fsp3) is 0.483. The van der Waals surface area contributed by atoms with Gasteiger partial charge in [0.1, 0.15) is 11.6 Å². The Morgan fingerprint density at radius 1 is 1.16 bits per heavy atom. The SMILES string of the molecule is COc1ccc2c3c(n(C)c2c1)[C@@H](CO)N(C(=O)C1CCOCC1)CC31CN(Cc2cccc(F)c2)C1. The summed E-state index contributed by atoms with van der Waals surface area (Å²) in [5, 5.41) is 11.8. The van der Waals surface area contributed by atoms with E-state index in [-0.39, 0.29) is 29.7 Å². The summed E-state index contributed by atoms with van der Waals surface area (Å²) in [7, 11) is 3.68. The minimum atomic E-state index is -0.406. The number of ether oxygens (including phenoxy) is 2. The summed E-state index contributed by atoms with van der Waals surface area (Å²) in [6.07, 6.45) is 1.43. The lowest BCUT2D eigenvalue weighted by molar-refractivity contribution is -0.146. The van der Waals surface area contributed by atoms with E-state index in [0.717, 1.165) is 41.0 Å². The zero-order valence-corrected chi connectivity index (χ0v) is 21.5. The zero-order chi connectivity index (χ0) is 25.7. The van der Waals surface area contributed by atoms with Crippen LogP contribution < -0.4 is 4.74 Å². The first-order valence-electron chi connectivity index (χ1n) is 13.1. The summed E-state index contributed by atoms with van der Waals surface area (Å²) in [5.74, 6) is 0.574. The number of carbonyl (C=O) groups is 1. The van der Waals surface area contributed by atoms with E-state index in [1.165, 1.54) is 11.6 Å². The highest BCUT2D eigenvalue weighted by Gasteiger charge is 2.54. The van der Waals surface area contributed by atoms with Crippen molar-refractivity contribution >= 4 is 16.8 Å². The lowest BCUT2D eigenvalue weighted by atomic mass is 9.68. The Labute approximate surface area is 216 Å². The number of methoxy groups -OCH3 is 1. The van der Waals surface area contributed by atoms with Crippen molar-refractivity contribution in [1.29, 1.82) is 0 Å². The Morgan fingerprint density at radius 2 is 1.95 bits per heavy atom. The standard InChI is InChI=1S/C29H34FN3O4/c1-31-24-13-22(36-2)6-7-23(24)26-27(31)25(15-34)33(28(35)20-8-10-37-11-9-20)18-29(26)16-32(17-29)14-19-4-3-5-21(30)12-19/h3-7,12-13,20,25,34H,8-11,14-18H2,1-2H3/t25-/m1/s1. The fourth-order valence-electron chi connectivity index (χ4n) is 6.84. The molecule has 7 nitrogen and oxygen atoms in total. The van der Waals surface area contributed by atoms with Crippen LogP contribution in [0.4, 0.5) is 4.39 Å². The van der Waals surface area contributed by atoms with Crippen LogP contribution in [-0.4, -0.2) is 71.9 Å². The first-order valence-corrected chi connectivity index (χ1v) is 13.1. The van der Waals surface area contributed by atoms with E-state index < -0.39 is 6.04 Å². The summed E-state index contributed by atoms with van der Waals surface area (Å²) in [6.45, 7) is 3.80. The largest absolute Gasteiger partial charge is 0.497 e. The number of aromatic nitrogens is 1. The number of amides is 1. The number of halogens is 1. The second-order valence-electron chi connectivity index (χ2n) is 10.8. The topological polar surface area (TPSA) is 67.2 Å². The first-order chi connectivity index (χ1) is 17.9. The Bertz CT molecular complexity index is 1330. The van der Waals surface area contributed by atoms with E-state index in [9.17, 15) is 14.3 Å². The second kappa shape index (κ2) is 9.42. The molecule has 3 aliphatic heterocycles. The number of likely N-dealkylation sites (tertiary alicyclic amines) is 1. The Morgan fingerprint density at radius 3 is 2.65 bits per heavy atom. The molecule has 1 aromatic heterocycles. The average molecular weight is 508 g/mol. The third-order valence-corrected chi connectivity index (χ3v) is 8.52. The van der Waals surface area contributed by atoms with Crippen LogP contribution in [-0.2, 0) is 28.5 Å². The monoisotopic (exact) mass is 507 g/mol. The zero-order valence-electron chi connectivity index (χ0n) is 21.5. The highest BCUT2D eigenvalue weighted by Crippen LogP contribution is 2.50. The van der Waals surface area contributed by atoms with Crippen molar-refractivity contribution in [3.8, 4) is 5.75 Å². The van der Waals surface area contributed by atoms with E-state index in [1.54, 1.807) is 19.2 Å². The number of hydrogen-bond donors (Lipinski definition) is 1. The molecule has 196 valence electrons. The molecular formula is C29H34FN3O4. The third-order valence-electron chi connectivity index (χ3n) is 8.52. The number of carbonyl (C=O) groups excluding carboxylic acids is 1. The van der Waals surface area contributed by atoms with Gasteiger partial charge in [0.15, 0.2) is 0 Å². The number of aliphatic hydroxyl groups excluding tert-OH is 1. The molecule has 0 radical (unpaired) electrons. The quantitative estimate of drug-likeness (QED) is 0.574. The van der Waals surface area contributed by atoms with Gasteiger partial charge in [-0.05, 0) is 48.2 Å². The van der Waals surface area contributed by atoms with Crippen molar-refractivity contribution < 1.29 is 23.8 Å². The van der Waals surface area contributed by atoms with E-state index >= 15 is 0 Å². The number of nitrogens with zero attached hydrogens (tertiary/aromatic N) is 3. The molecule has 2 fully saturated rings. The molecule has 4 heterocycles. The molecule has 2 aromatic carbocycles. The van der Waals surface area contributed by atoms with Gasteiger partial charge in [-0.15, -0.1) is 0 Å². The Hall–Kier alpha value is -2.94. The van der Waals surface area contributed by atoms with Crippen molar-refractivity contribution in [1.82, 2.24) is 14.4 Å². The summed E-state index contributed by atoms with van der Waals surface area (Å²) >= 11 is 0. The van der Waals surface area contributed by atoms with Crippen molar-refractivity contribution in [3.05, 3.63) is 65.1 Å². The first kappa shape index (κ1) is 24.4. The number of aryl methyl sites for hydroxylation is 1. The molecule has 1 N–H and O–H groups in total. The molecule has 0 aliphatic carbocycles. The number of benzene rings is 2. The third kappa shape index (κ3) is 4.02. The average Bonchev–Trinajstić information content (AvgIpc) is 3.20. The highest BCUT2D eigenvalue weighted by molar-refractivity contribution is 5.90. The number of hydrogen-bond acceptors (Lipinski definition) is 5. The Balaban J connectivity index is 1.41. The summed E-state index contributed by atoms with van der Waals surface area (Å²) in [6, 6.07) is 12.5. The van der Waals surface area contributed by atoms with Crippen molar-refractivity contribution in [2.75, 3.05) is 46.6 Å². The van der Waals surface area contributed by atoms with Crippen molar-refractivity contribution in [3.63, 3.8) is 0 Å². The van der Waals surface area contributed by atoms with Gasteiger partial charge < -0.3 is 24.0 Å².